The fourth-order valence-corrected chi connectivity index (χ4v) is 3.93. The van der Waals surface area contributed by atoms with Crippen molar-refractivity contribution < 1.29 is 14.5 Å². The second-order valence-electron chi connectivity index (χ2n) is 7.58. The highest BCUT2D eigenvalue weighted by Gasteiger charge is 2.31. The van der Waals surface area contributed by atoms with Crippen LogP contribution in [0, 0.1) is 14.9 Å². The predicted molar refractivity (Wildman–Crippen MR) is 116 cm³/mol. The van der Waals surface area contributed by atoms with Crippen molar-refractivity contribution in [2.45, 2.75) is 89.1 Å². The van der Waals surface area contributed by atoms with Crippen LogP contribution in [-0.4, -0.2) is 38.5 Å². The van der Waals surface area contributed by atoms with Gasteiger partial charge in [0, 0.05) is 35.6 Å². The van der Waals surface area contributed by atoms with Gasteiger partial charge in [-0.25, -0.2) is 0 Å². The van der Waals surface area contributed by atoms with Crippen molar-refractivity contribution in [3.63, 3.8) is 0 Å². The summed E-state index contributed by atoms with van der Waals surface area (Å²) in [6.07, 6.45) is 11.2. The maximum Gasteiger partial charge on any atom is 0.270 e. The molecule has 0 bridgehead atoms. The number of aryl methyl sites for hydroxylation is 2. The first-order valence-electron chi connectivity index (χ1n) is 10.1. The van der Waals surface area contributed by atoms with Gasteiger partial charge in [-0.2, -0.15) is 0 Å². The van der Waals surface area contributed by atoms with Crippen molar-refractivity contribution in [3.8, 4) is 0 Å². The molecule has 0 amide bonds. The molecule has 29 heavy (non-hydrogen) atoms. The number of H-pyrrole nitrogens is 2. The summed E-state index contributed by atoms with van der Waals surface area (Å²) in [5, 5.41) is 10.1. The molecule has 1 aromatic rings. The third-order valence-electron chi connectivity index (χ3n) is 5.38. The van der Waals surface area contributed by atoms with Crippen LogP contribution in [0.5, 0.6) is 0 Å². The Bertz CT molecular complexity index is 722. The molecular weight excluding hydrogens is 416 g/mol. The average Bonchev–Trinajstić information content (AvgIpc) is 3.05. The molecule has 0 aliphatic heterocycles. The quantitative estimate of drug-likeness (QED) is 0.342. The number of halogens is 1. The van der Waals surface area contributed by atoms with E-state index in [0.29, 0.717) is 19.3 Å². The normalized spacial score (nSPS) is 23.3. The zero-order chi connectivity index (χ0) is 20.5. The number of nitro groups is 1. The van der Waals surface area contributed by atoms with Gasteiger partial charge < -0.3 is 15.7 Å². The summed E-state index contributed by atoms with van der Waals surface area (Å²) < 4.78 is 0.784. The lowest BCUT2D eigenvalue weighted by Crippen LogP contribution is -2.32. The van der Waals surface area contributed by atoms with Crippen LogP contribution in [0.3, 0.4) is 0 Å². The predicted octanol–water partition coefficient (Wildman–Crippen LogP) is 3.60. The first kappa shape index (κ1) is 25.5. The molecule has 1 heterocycles. The summed E-state index contributed by atoms with van der Waals surface area (Å²) in [7, 11) is 0. The molecule has 10 heteroatoms. The van der Waals surface area contributed by atoms with Gasteiger partial charge in [-0.1, -0.05) is 6.42 Å². The van der Waals surface area contributed by atoms with Gasteiger partial charge in [-0.05, 0) is 63.6 Å². The van der Waals surface area contributed by atoms with Gasteiger partial charge >= 0.3 is 0 Å². The highest BCUT2D eigenvalue weighted by molar-refractivity contribution is 7.71. The lowest BCUT2D eigenvalue weighted by atomic mass is 9.95. The minimum atomic E-state index is -0.895. The molecule has 4 rings (SSSR count). The zero-order valence-electron chi connectivity index (χ0n) is 16.6. The number of aromatic nitrogens is 2. The van der Waals surface area contributed by atoms with Gasteiger partial charge in [0.05, 0.1) is 6.04 Å². The Kier molecular flexibility index (Phi) is 11.3. The largest absolute Gasteiger partial charge is 0.334 e. The van der Waals surface area contributed by atoms with Crippen LogP contribution in [-0.2, 0) is 22.4 Å². The molecule has 2 atom stereocenters. The maximum atomic E-state index is 10.8. The van der Waals surface area contributed by atoms with E-state index in [9.17, 15) is 19.7 Å². The topological polar surface area (TPSA) is 135 Å². The molecular formula is C19H31ClN4O4S. The minimum Gasteiger partial charge on any atom is -0.334 e. The summed E-state index contributed by atoms with van der Waals surface area (Å²) in [4.78, 5) is 37.5. The molecule has 0 aromatic carbocycles. The molecule has 8 nitrogen and oxygen atoms in total. The number of nitrogens with zero attached hydrogens (tertiary/aromatic N) is 1. The van der Waals surface area contributed by atoms with E-state index in [0.717, 1.165) is 36.9 Å². The highest BCUT2D eigenvalue weighted by atomic mass is 35.5. The molecule has 2 fully saturated rings. The van der Waals surface area contributed by atoms with Crippen LogP contribution < -0.4 is 5.73 Å². The number of imidazole rings is 1. The van der Waals surface area contributed by atoms with Crippen LogP contribution >= 0.6 is 24.6 Å². The van der Waals surface area contributed by atoms with Crippen LogP contribution in [0.15, 0.2) is 0 Å². The number of ketones is 2. The summed E-state index contributed by atoms with van der Waals surface area (Å²) >= 11 is 4.97. The molecule has 164 valence electrons. The smallest absolute Gasteiger partial charge is 0.270 e. The number of carbonyl (C=O) groups excluding carboxylic acids is 2. The van der Waals surface area contributed by atoms with E-state index in [-0.39, 0.29) is 30.0 Å². The Morgan fingerprint density at radius 1 is 0.862 bits per heavy atom. The molecule has 3 aliphatic carbocycles. The van der Waals surface area contributed by atoms with E-state index in [1.54, 1.807) is 0 Å². The second kappa shape index (κ2) is 12.9. The molecule has 4 N–H and O–H groups in total. The Labute approximate surface area is 182 Å². The SMILES string of the molecule is Cl.NC1CCCCC1=O.O=C1CCCCC1[N+](=O)[O-].S=c1[nH]c2c([nH]1)CCCC2. The fraction of sp³-hybridized carbons (Fsp3) is 0.737. The van der Waals surface area contributed by atoms with Gasteiger partial charge in [0.1, 0.15) is 5.78 Å². The molecule has 0 radical (unpaired) electrons. The molecule has 3 aliphatic rings. The van der Waals surface area contributed by atoms with Gasteiger partial charge in [0.15, 0.2) is 4.77 Å². The lowest BCUT2D eigenvalue weighted by molar-refractivity contribution is -0.509. The van der Waals surface area contributed by atoms with E-state index in [1.165, 1.54) is 37.1 Å². The molecule has 0 spiro atoms. The molecule has 1 aromatic heterocycles. The molecule has 0 saturated heterocycles. The average molecular weight is 447 g/mol. The number of nitrogens with two attached hydrogens (primary N) is 1. The van der Waals surface area contributed by atoms with Crippen molar-refractivity contribution in [2.24, 2.45) is 5.73 Å². The van der Waals surface area contributed by atoms with Crippen LogP contribution in [0.1, 0.15) is 75.6 Å². The maximum absolute atomic E-state index is 10.8. The number of fused-ring (bicyclic) bond motifs is 1. The molecule has 2 saturated carbocycles. The Balaban J connectivity index is 0.000000216. The number of hydrogen-bond acceptors (Lipinski definition) is 6. The number of aromatic amines is 2. The van der Waals surface area contributed by atoms with E-state index in [2.05, 4.69) is 9.97 Å². The van der Waals surface area contributed by atoms with Gasteiger partial charge in [-0.15, -0.1) is 12.4 Å². The minimum absolute atomic E-state index is 0. The third-order valence-corrected chi connectivity index (χ3v) is 5.58. The monoisotopic (exact) mass is 446 g/mol. The number of carbonyl (C=O) groups is 2. The summed E-state index contributed by atoms with van der Waals surface area (Å²) in [6.45, 7) is 0. The van der Waals surface area contributed by atoms with Crippen molar-refractivity contribution in [1.82, 2.24) is 9.97 Å². The fourth-order valence-electron chi connectivity index (χ4n) is 3.68. The summed E-state index contributed by atoms with van der Waals surface area (Å²) in [5.41, 5.74) is 8.09. The first-order valence-corrected chi connectivity index (χ1v) is 10.5. The lowest BCUT2D eigenvalue weighted by Gasteiger charge is -2.14. The van der Waals surface area contributed by atoms with Crippen LogP contribution in [0.25, 0.3) is 0 Å². The third kappa shape index (κ3) is 8.36. The van der Waals surface area contributed by atoms with E-state index >= 15 is 0 Å². The van der Waals surface area contributed by atoms with E-state index < -0.39 is 11.0 Å². The Hall–Kier alpha value is -1.58. The van der Waals surface area contributed by atoms with Gasteiger partial charge in [-0.3, -0.25) is 19.7 Å². The van der Waals surface area contributed by atoms with Crippen LogP contribution in [0.2, 0.25) is 0 Å². The zero-order valence-corrected chi connectivity index (χ0v) is 18.2. The first-order chi connectivity index (χ1) is 13.4. The van der Waals surface area contributed by atoms with Crippen molar-refractivity contribution >= 4 is 36.2 Å². The number of rotatable bonds is 1. The van der Waals surface area contributed by atoms with Gasteiger partial charge in [0.2, 0.25) is 5.78 Å². The molecule has 2 unspecified atom stereocenters. The number of nitrogens with one attached hydrogen (secondary N) is 2. The highest BCUT2D eigenvalue weighted by Crippen LogP contribution is 2.17. The second-order valence-corrected chi connectivity index (χ2v) is 7.98. The summed E-state index contributed by atoms with van der Waals surface area (Å²) in [6, 6.07) is -1.03. The van der Waals surface area contributed by atoms with Crippen molar-refractivity contribution in [3.05, 3.63) is 26.3 Å². The van der Waals surface area contributed by atoms with E-state index in [1.807, 2.05) is 0 Å². The standard InChI is InChI=1S/C7H10N2S.C6H9NO3.C6H11NO.ClH/c10-7-8-5-3-1-2-4-6(5)9-7;8-6-4-2-1-3-5(6)7(9)10;7-5-3-1-2-4-6(5)8;/h1-4H2,(H2,8,9,10);5H,1-4H2;5H,1-4,7H2;1H. The van der Waals surface area contributed by atoms with Crippen molar-refractivity contribution in [2.75, 3.05) is 0 Å². The van der Waals surface area contributed by atoms with Crippen molar-refractivity contribution in [1.29, 1.82) is 0 Å². The Morgan fingerprint density at radius 3 is 1.72 bits per heavy atom. The van der Waals surface area contributed by atoms with Gasteiger partial charge in [0.25, 0.3) is 6.04 Å². The number of hydrogen-bond donors (Lipinski definition) is 3. The van der Waals surface area contributed by atoms with E-state index in [4.69, 9.17) is 18.0 Å². The number of Topliss-reactive ketones (excluding diaryl/α,β-unsaturated/α-hetero) is 2. The Morgan fingerprint density at radius 2 is 1.34 bits per heavy atom. The summed E-state index contributed by atoms with van der Waals surface area (Å²) in [5.74, 6) is 0.0486. The van der Waals surface area contributed by atoms with Crippen LogP contribution in [0.4, 0.5) is 0 Å².